The van der Waals surface area contributed by atoms with E-state index in [0.29, 0.717) is 12.2 Å². The molecule has 0 bridgehead atoms. The standard InChI is InChI=1S/C21H26ClFN4O4/c1-21(2,3)31-20(30)26-16(11-6-7-11)18-25-17-13(9-12(23)10-14(17)22)19(29)27(18)8-4-5-15(24)28/h9-11,16H,4-8H2,1-3H3,(H2,24,28)(H,26,30)/t16-/m0/s1. The minimum absolute atomic E-state index is 0.00412. The molecule has 1 atom stereocenters. The normalized spacial score (nSPS) is 15.0. The molecule has 1 aliphatic carbocycles. The molecule has 1 aromatic heterocycles. The van der Waals surface area contributed by atoms with Crippen LogP contribution >= 0.6 is 11.6 Å². The summed E-state index contributed by atoms with van der Waals surface area (Å²) in [6.07, 6.45) is 1.41. The van der Waals surface area contributed by atoms with Crippen LogP contribution < -0.4 is 16.6 Å². The molecular weight excluding hydrogens is 427 g/mol. The third-order valence-corrected chi connectivity index (χ3v) is 5.14. The van der Waals surface area contributed by atoms with Crippen LogP contribution in [-0.2, 0) is 16.1 Å². The molecule has 0 unspecified atom stereocenters. The summed E-state index contributed by atoms with van der Waals surface area (Å²) in [7, 11) is 0. The predicted molar refractivity (Wildman–Crippen MR) is 114 cm³/mol. The second-order valence-electron chi connectivity index (χ2n) is 8.74. The first-order valence-electron chi connectivity index (χ1n) is 10.1. The third kappa shape index (κ3) is 5.72. The number of fused-ring (bicyclic) bond motifs is 1. The number of nitrogens with two attached hydrogens (primary N) is 1. The fourth-order valence-electron chi connectivity index (χ4n) is 3.39. The highest BCUT2D eigenvalue weighted by molar-refractivity contribution is 6.35. The van der Waals surface area contributed by atoms with E-state index in [2.05, 4.69) is 10.3 Å². The van der Waals surface area contributed by atoms with E-state index in [-0.39, 0.29) is 34.8 Å². The number of ether oxygens (including phenoxy) is 1. The average Bonchev–Trinajstić information content (AvgIpc) is 3.45. The minimum Gasteiger partial charge on any atom is -0.444 e. The first-order valence-corrected chi connectivity index (χ1v) is 10.5. The van der Waals surface area contributed by atoms with Gasteiger partial charge in [0.15, 0.2) is 0 Å². The highest BCUT2D eigenvalue weighted by Crippen LogP contribution is 2.41. The number of carbonyl (C=O) groups excluding carboxylic acids is 2. The van der Waals surface area contributed by atoms with Gasteiger partial charge in [0.25, 0.3) is 5.56 Å². The Morgan fingerprint density at radius 3 is 2.65 bits per heavy atom. The Morgan fingerprint density at radius 2 is 2.06 bits per heavy atom. The lowest BCUT2D eigenvalue weighted by atomic mass is 10.1. The van der Waals surface area contributed by atoms with E-state index in [9.17, 15) is 18.8 Å². The van der Waals surface area contributed by atoms with Gasteiger partial charge in [-0.05, 0) is 58.1 Å². The quantitative estimate of drug-likeness (QED) is 0.667. The Hall–Kier alpha value is -2.68. The molecule has 1 saturated carbocycles. The summed E-state index contributed by atoms with van der Waals surface area (Å²) in [5.74, 6) is -0.788. The Morgan fingerprint density at radius 1 is 1.39 bits per heavy atom. The molecule has 2 aromatic rings. The minimum atomic E-state index is -0.697. The predicted octanol–water partition coefficient (Wildman–Crippen LogP) is 3.43. The summed E-state index contributed by atoms with van der Waals surface area (Å²) < 4.78 is 20.6. The second kappa shape index (κ2) is 8.82. The van der Waals surface area contributed by atoms with Gasteiger partial charge in [0.2, 0.25) is 5.91 Å². The zero-order valence-corrected chi connectivity index (χ0v) is 18.5. The molecule has 0 saturated heterocycles. The Kier molecular flexibility index (Phi) is 6.54. The Bertz CT molecular complexity index is 1080. The maximum atomic E-state index is 13.9. The van der Waals surface area contributed by atoms with Gasteiger partial charge >= 0.3 is 6.09 Å². The summed E-state index contributed by atoms with van der Waals surface area (Å²) in [5, 5.41) is 2.85. The first kappa shape index (κ1) is 23.0. The molecule has 31 heavy (non-hydrogen) atoms. The molecule has 1 aromatic carbocycles. The van der Waals surface area contributed by atoms with Crippen molar-refractivity contribution >= 4 is 34.5 Å². The number of alkyl carbamates (subject to hydrolysis) is 1. The van der Waals surface area contributed by atoms with Crippen LogP contribution in [0.4, 0.5) is 9.18 Å². The van der Waals surface area contributed by atoms with Crippen LogP contribution in [0.5, 0.6) is 0 Å². The topological polar surface area (TPSA) is 116 Å². The number of nitrogens with zero attached hydrogens (tertiary/aromatic N) is 2. The van der Waals surface area contributed by atoms with E-state index in [4.69, 9.17) is 22.1 Å². The average molecular weight is 453 g/mol. The molecule has 8 nitrogen and oxygen atoms in total. The number of hydrogen-bond donors (Lipinski definition) is 2. The summed E-state index contributed by atoms with van der Waals surface area (Å²) in [6.45, 7) is 5.39. The van der Waals surface area contributed by atoms with E-state index in [1.165, 1.54) is 4.57 Å². The maximum Gasteiger partial charge on any atom is 0.408 e. The molecule has 0 radical (unpaired) electrons. The first-order chi connectivity index (χ1) is 14.5. The van der Waals surface area contributed by atoms with Crippen LogP contribution in [0, 0.1) is 11.7 Å². The van der Waals surface area contributed by atoms with E-state index in [1.807, 2.05) is 0 Å². The number of hydrogen-bond acceptors (Lipinski definition) is 5. The largest absolute Gasteiger partial charge is 0.444 e. The highest BCUT2D eigenvalue weighted by Gasteiger charge is 2.37. The van der Waals surface area contributed by atoms with Crippen molar-refractivity contribution in [2.24, 2.45) is 11.7 Å². The highest BCUT2D eigenvalue weighted by atomic mass is 35.5. The van der Waals surface area contributed by atoms with Gasteiger partial charge in [-0.1, -0.05) is 11.6 Å². The molecule has 0 aliphatic heterocycles. The van der Waals surface area contributed by atoms with Crippen molar-refractivity contribution in [3.05, 3.63) is 39.2 Å². The van der Waals surface area contributed by atoms with Crippen LogP contribution in [0.3, 0.4) is 0 Å². The third-order valence-electron chi connectivity index (χ3n) is 4.86. The number of carbonyl (C=O) groups is 2. The van der Waals surface area contributed by atoms with Gasteiger partial charge in [-0.25, -0.2) is 14.2 Å². The number of rotatable bonds is 7. The maximum absolute atomic E-state index is 13.9. The monoisotopic (exact) mass is 452 g/mol. The van der Waals surface area contributed by atoms with Crippen molar-refractivity contribution in [1.82, 2.24) is 14.9 Å². The van der Waals surface area contributed by atoms with Crippen LogP contribution in [0.2, 0.25) is 5.02 Å². The van der Waals surface area contributed by atoms with E-state index in [0.717, 1.165) is 25.0 Å². The smallest absolute Gasteiger partial charge is 0.408 e. The molecule has 168 valence electrons. The number of amides is 2. The molecule has 3 rings (SSSR count). The zero-order valence-electron chi connectivity index (χ0n) is 17.7. The lowest BCUT2D eigenvalue weighted by Gasteiger charge is -2.25. The van der Waals surface area contributed by atoms with Gasteiger partial charge < -0.3 is 15.8 Å². The fourth-order valence-corrected chi connectivity index (χ4v) is 3.64. The fraction of sp³-hybridized carbons (Fsp3) is 0.524. The Balaban J connectivity index is 2.09. The lowest BCUT2D eigenvalue weighted by Crippen LogP contribution is -2.39. The summed E-state index contributed by atoms with van der Waals surface area (Å²) >= 11 is 6.17. The van der Waals surface area contributed by atoms with Crippen molar-refractivity contribution in [3.8, 4) is 0 Å². The van der Waals surface area contributed by atoms with Crippen LogP contribution in [0.1, 0.15) is 58.3 Å². The SMILES string of the molecule is CC(C)(C)OC(=O)N[C@H](c1nc2c(Cl)cc(F)cc2c(=O)n1CCCC(N)=O)C1CC1. The van der Waals surface area contributed by atoms with Crippen LogP contribution in [0.25, 0.3) is 10.9 Å². The number of nitrogens with one attached hydrogen (secondary N) is 1. The number of halogens is 2. The van der Waals surface area contributed by atoms with Crippen LogP contribution in [0.15, 0.2) is 16.9 Å². The lowest BCUT2D eigenvalue weighted by molar-refractivity contribution is -0.118. The molecule has 2 amide bonds. The summed E-state index contributed by atoms with van der Waals surface area (Å²) in [5.41, 5.74) is 4.19. The van der Waals surface area contributed by atoms with Gasteiger partial charge in [-0.3, -0.25) is 14.2 Å². The summed E-state index contributed by atoms with van der Waals surface area (Å²) in [6, 6.07) is 1.57. The van der Waals surface area contributed by atoms with Crippen LogP contribution in [-0.4, -0.2) is 27.2 Å². The van der Waals surface area contributed by atoms with Gasteiger partial charge in [0.1, 0.15) is 17.2 Å². The van der Waals surface area contributed by atoms with Crippen molar-refractivity contribution in [3.63, 3.8) is 0 Å². The molecule has 0 spiro atoms. The van der Waals surface area contributed by atoms with Crippen molar-refractivity contribution in [1.29, 1.82) is 0 Å². The van der Waals surface area contributed by atoms with E-state index >= 15 is 0 Å². The molecule has 1 aliphatic rings. The van der Waals surface area contributed by atoms with Crippen molar-refractivity contribution in [2.45, 2.75) is 64.6 Å². The van der Waals surface area contributed by atoms with Crippen molar-refractivity contribution < 1.29 is 18.7 Å². The Labute approximate surface area is 183 Å². The van der Waals surface area contributed by atoms with E-state index < -0.39 is 35.0 Å². The zero-order chi connectivity index (χ0) is 22.9. The van der Waals surface area contributed by atoms with Crippen molar-refractivity contribution in [2.75, 3.05) is 0 Å². The number of aromatic nitrogens is 2. The van der Waals surface area contributed by atoms with Gasteiger partial charge in [-0.2, -0.15) is 0 Å². The molecule has 1 heterocycles. The molecule has 1 fully saturated rings. The molecule has 10 heteroatoms. The summed E-state index contributed by atoms with van der Waals surface area (Å²) in [4.78, 5) is 41.4. The number of primary amides is 1. The van der Waals surface area contributed by atoms with Gasteiger partial charge in [0, 0.05) is 13.0 Å². The van der Waals surface area contributed by atoms with E-state index in [1.54, 1.807) is 20.8 Å². The molecular formula is C21H26ClFN4O4. The van der Waals surface area contributed by atoms with Gasteiger partial charge in [0.05, 0.1) is 22.0 Å². The van der Waals surface area contributed by atoms with Gasteiger partial charge in [-0.15, -0.1) is 0 Å². The number of benzene rings is 1. The molecule has 3 N–H and O–H groups in total. The second-order valence-corrected chi connectivity index (χ2v) is 9.15.